The molecule has 8 heteroatoms. The van der Waals surface area contributed by atoms with E-state index in [1.165, 1.54) is 0 Å². The van der Waals surface area contributed by atoms with Gasteiger partial charge in [0.1, 0.15) is 0 Å². The highest BCUT2D eigenvalue weighted by Gasteiger charge is 2.27. The molecule has 31 heavy (non-hydrogen) atoms. The van der Waals surface area contributed by atoms with E-state index in [0.717, 1.165) is 49.5 Å². The van der Waals surface area contributed by atoms with E-state index >= 15 is 0 Å². The van der Waals surface area contributed by atoms with Gasteiger partial charge in [0.15, 0.2) is 0 Å². The molecule has 1 N–H and O–H groups in total. The zero-order valence-electron chi connectivity index (χ0n) is 18.0. The van der Waals surface area contributed by atoms with Gasteiger partial charge in [-0.3, -0.25) is 19.5 Å². The number of halogens is 1. The maximum absolute atomic E-state index is 13.0. The Kier molecular flexibility index (Phi) is 6.43. The minimum Gasteiger partial charge on any atom is -0.368 e. The lowest BCUT2D eigenvalue weighted by atomic mass is 9.99. The van der Waals surface area contributed by atoms with E-state index in [9.17, 15) is 9.59 Å². The fraction of sp³-hybridized carbons (Fsp3) is 0.435. The van der Waals surface area contributed by atoms with E-state index in [2.05, 4.69) is 20.1 Å². The molecule has 1 aromatic carbocycles. The summed E-state index contributed by atoms with van der Waals surface area (Å²) in [5, 5.41) is 3.60. The molecular weight excluding hydrogens is 414 g/mol. The topological polar surface area (TPSA) is 68.8 Å². The lowest BCUT2D eigenvalue weighted by Gasteiger charge is -2.36. The van der Waals surface area contributed by atoms with Crippen LogP contribution in [0, 0.1) is 0 Å². The zero-order chi connectivity index (χ0) is 22.0. The molecule has 2 aliphatic heterocycles. The minimum absolute atomic E-state index is 0.0159. The summed E-state index contributed by atoms with van der Waals surface area (Å²) in [6.45, 7) is 8.23. The molecule has 1 saturated heterocycles. The third-order valence-electron chi connectivity index (χ3n) is 5.72. The summed E-state index contributed by atoms with van der Waals surface area (Å²) >= 11 is 6.08. The largest absolute Gasteiger partial charge is 0.368 e. The maximum Gasteiger partial charge on any atom is 0.258 e. The molecule has 0 saturated carbocycles. The van der Waals surface area contributed by atoms with Crippen molar-refractivity contribution < 1.29 is 9.59 Å². The number of amides is 2. The van der Waals surface area contributed by atoms with Gasteiger partial charge in [0, 0.05) is 49.4 Å². The van der Waals surface area contributed by atoms with Crippen LogP contribution < -0.4 is 15.1 Å². The summed E-state index contributed by atoms with van der Waals surface area (Å²) in [5.74, 6) is 0.0511. The third kappa shape index (κ3) is 4.99. The first-order valence-electron chi connectivity index (χ1n) is 10.7. The minimum atomic E-state index is -0.0159. The van der Waals surface area contributed by atoms with Crippen molar-refractivity contribution in [2.24, 2.45) is 0 Å². The van der Waals surface area contributed by atoms with Crippen LogP contribution in [0.4, 0.5) is 11.4 Å². The van der Waals surface area contributed by atoms with Crippen molar-refractivity contribution in [3.05, 3.63) is 52.8 Å². The first-order chi connectivity index (χ1) is 14.9. The van der Waals surface area contributed by atoms with Gasteiger partial charge in [-0.25, -0.2) is 0 Å². The van der Waals surface area contributed by atoms with Gasteiger partial charge in [0.05, 0.1) is 30.3 Å². The molecule has 0 atom stereocenters. The average Bonchev–Trinajstić information content (AvgIpc) is 2.74. The van der Waals surface area contributed by atoms with Gasteiger partial charge in [-0.2, -0.15) is 0 Å². The Morgan fingerprint density at radius 1 is 1.10 bits per heavy atom. The van der Waals surface area contributed by atoms with Gasteiger partial charge in [0.25, 0.3) is 5.91 Å². The van der Waals surface area contributed by atoms with E-state index in [-0.39, 0.29) is 17.9 Å². The number of fused-ring (bicyclic) bond motifs is 1. The summed E-state index contributed by atoms with van der Waals surface area (Å²) in [7, 11) is 0. The van der Waals surface area contributed by atoms with Crippen LogP contribution in [0.2, 0.25) is 5.02 Å². The summed E-state index contributed by atoms with van der Waals surface area (Å²) in [5.41, 5.74) is 3.50. The fourth-order valence-corrected chi connectivity index (χ4v) is 4.37. The second kappa shape index (κ2) is 9.24. The zero-order valence-corrected chi connectivity index (χ0v) is 18.7. The van der Waals surface area contributed by atoms with Gasteiger partial charge in [-0.15, -0.1) is 0 Å². The van der Waals surface area contributed by atoms with Crippen molar-refractivity contribution in [3.8, 4) is 0 Å². The number of piperazine rings is 1. The molecule has 4 rings (SSSR count). The smallest absolute Gasteiger partial charge is 0.258 e. The van der Waals surface area contributed by atoms with Crippen LogP contribution in [0.25, 0.3) is 0 Å². The quantitative estimate of drug-likeness (QED) is 0.772. The van der Waals surface area contributed by atoms with Crippen LogP contribution >= 0.6 is 11.6 Å². The number of carbonyl (C=O) groups is 2. The van der Waals surface area contributed by atoms with Crippen molar-refractivity contribution in [2.75, 3.05) is 49.1 Å². The summed E-state index contributed by atoms with van der Waals surface area (Å²) in [4.78, 5) is 35.7. The Labute approximate surface area is 188 Å². The Morgan fingerprint density at radius 2 is 1.84 bits per heavy atom. The maximum atomic E-state index is 13.0. The fourth-order valence-electron chi connectivity index (χ4n) is 4.17. The van der Waals surface area contributed by atoms with Gasteiger partial charge < -0.3 is 15.1 Å². The molecule has 2 aliphatic rings. The Bertz CT molecular complexity index is 972. The van der Waals surface area contributed by atoms with Crippen LogP contribution in [-0.2, 0) is 11.2 Å². The molecule has 0 aliphatic carbocycles. The number of benzene rings is 1. The number of nitrogens with one attached hydrogen (secondary N) is 1. The predicted octanol–water partition coefficient (Wildman–Crippen LogP) is 2.58. The number of anilines is 2. The predicted molar refractivity (Wildman–Crippen MR) is 123 cm³/mol. The lowest BCUT2D eigenvalue weighted by molar-refractivity contribution is -0.122. The standard InChI is InChI=1S/C23H28ClN5O2/c1-16(2)26-22(30)15-27-7-9-28(10-8-27)19-12-20(14-25-13-19)29-6-5-17-11-18(24)3-4-21(17)23(29)31/h3-4,11-14,16H,5-10,15H2,1-2H3,(H,26,30). The van der Waals surface area contributed by atoms with E-state index in [0.29, 0.717) is 23.7 Å². The first kappa shape index (κ1) is 21.6. The van der Waals surface area contributed by atoms with E-state index in [1.54, 1.807) is 23.2 Å². The van der Waals surface area contributed by atoms with E-state index in [1.807, 2.05) is 32.2 Å². The van der Waals surface area contributed by atoms with E-state index < -0.39 is 0 Å². The average molecular weight is 442 g/mol. The number of carbonyl (C=O) groups excluding carboxylic acids is 2. The second-order valence-electron chi connectivity index (χ2n) is 8.40. The van der Waals surface area contributed by atoms with Gasteiger partial charge in [0.2, 0.25) is 5.91 Å². The van der Waals surface area contributed by atoms with Crippen molar-refractivity contribution in [2.45, 2.75) is 26.3 Å². The van der Waals surface area contributed by atoms with Crippen molar-refractivity contribution in [1.82, 2.24) is 15.2 Å². The molecule has 2 amide bonds. The molecule has 1 aromatic heterocycles. The Balaban J connectivity index is 1.41. The number of nitrogens with zero attached hydrogens (tertiary/aromatic N) is 4. The number of aromatic nitrogens is 1. The molecule has 2 aromatic rings. The highest BCUT2D eigenvalue weighted by atomic mass is 35.5. The summed E-state index contributed by atoms with van der Waals surface area (Å²) in [6.07, 6.45) is 4.35. The molecule has 3 heterocycles. The van der Waals surface area contributed by atoms with Crippen LogP contribution in [0.3, 0.4) is 0 Å². The number of hydrogen-bond donors (Lipinski definition) is 1. The molecule has 1 fully saturated rings. The molecular formula is C23H28ClN5O2. The lowest BCUT2D eigenvalue weighted by Crippen LogP contribution is -2.50. The molecule has 0 spiro atoms. The monoisotopic (exact) mass is 441 g/mol. The number of pyridine rings is 1. The van der Waals surface area contributed by atoms with Crippen LogP contribution in [0.15, 0.2) is 36.7 Å². The molecule has 7 nitrogen and oxygen atoms in total. The normalized spacial score (nSPS) is 17.1. The Hall–Kier alpha value is -2.64. The van der Waals surface area contributed by atoms with Crippen molar-refractivity contribution >= 4 is 34.8 Å². The van der Waals surface area contributed by atoms with Crippen molar-refractivity contribution in [1.29, 1.82) is 0 Å². The highest BCUT2D eigenvalue weighted by molar-refractivity contribution is 6.30. The molecule has 0 unspecified atom stereocenters. The van der Waals surface area contributed by atoms with Gasteiger partial charge in [-0.1, -0.05) is 11.6 Å². The summed E-state index contributed by atoms with van der Waals surface area (Å²) in [6, 6.07) is 7.63. The van der Waals surface area contributed by atoms with Gasteiger partial charge in [-0.05, 0) is 50.1 Å². The SMILES string of the molecule is CC(C)NC(=O)CN1CCN(c2cncc(N3CCc4cc(Cl)ccc4C3=O)c2)CC1. The van der Waals surface area contributed by atoms with Crippen LogP contribution in [0.1, 0.15) is 29.8 Å². The van der Waals surface area contributed by atoms with E-state index in [4.69, 9.17) is 11.6 Å². The number of rotatable bonds is 5. The molecule has 164 valence electrons. The molecule has 0 radical (unpaired) electrons. The van der Waals surface area contributed by atoms with Gasteiger partial charge >= 0.3 is 0 Å². The number of hydrogen-bond acceptors (Lipinski definition) is 5. The van der Waals surface area contributed by atoms with Crippen molar-refractivity contribution in [3.63, 3.8) is 0 Å². The molecule has 0 bridgehead atoms. The second-order valence-corrected chi connectivity index (χ2v) is 8.83. The third-order valence-corrected chi connectivity index (χ3v) is 5.96. The Morgan fingerprint density at radius 3 is 2.58 bits per heavy atom. The van der Waals surface area contributed by atoms with Crippen LogP contribution in [-0.4, -0.2) is 67.0 Å². The first-order valence-corrected chi connectivity index (χ1v) is 11.1. The highest BCUT2D eigenvalue weighted by Crippen LogP contribution is 2.28. The summed E-state index contributed by atoms with van der Waals surface area (Å²) < 4.78 is 0. The van der Waals surface area contributed by atoms with Crippen LogP contribution in [0.5, 0.6) is 0 Å².